The maximum Gasteiger partial charge on any atom is 0.416 e. The van der Waals surface area contributed by atoms with E-state index in [4.69, 9.17) is 0 Å². The minimum atomic E-state index is -4.39. The Labute approximate surface area is 88.5 Å². The molecule has 1 nitrogen and oxygen atoms in total. The summed E-state index contributed by atoms with van der Waals surface area (Å²) in [6.07, 6.45) is -4.39. The fraction of sp³-hybridized carbons (Fsp3) is 0.400. The van der Waals surface area contributed by atoms with E-state index in [1.54, 1.807) is 0 Å². The molecule has 0 spiro atoms. The molecule has 0 saturated carbocycles. The lowest BCUT2D eigenvalue weighted by molar-refractivity contribution is -0.137. The molecule has 88 valence electrons. The van der Waals surface area contributed by atoms with Gasteiger partial charge in [-0.25, -0.2) is 8.78 Å². The van der Waals surface area contributed by atoms with Gasteiger partial charge >= 0.3 is 6.18 Å². The van der Waals surface area contributed by atoms with Crippen molar-refractivity contribution < 1.29 is 22.0 Å². The van der Waals surface area contributed by atoms with E-state index in [2.05, 4.69) is 0 Å². The molecule has 0 N–H and O–H groups in total. The Kier molecular flexibility index (Phi) is 2.32. The van der Waals surface area contributed by atoms with Crippen molar-refractivity contribution in [2.75, 3.05) is 18.0 Å². The van der Waals surface area contributed by atoms with Gasteiger partial charge in [0, 0.05) is 5.69 Å². The molecule has 0 amide bonds. The van der Waals surface area contributed by atoms with Gasteiger partial charge in [0.2, 0.25) is 0 Å². The van der Waals surface area contributed by atoms with Gasteiger partial charge < -0.3 is 4.90 Å². The molecular weight excluding hydrogens is 229 g/mol. The van der Waals surface area contributed by atoms with Crippen LogP contribution in [0.4, 0.5) is 27.6 Å². The molecule has 1 saturated heterocycles. The van der Waals surface area contributed by atoms with Crippen molar-refractivity contribution in [2.45, 2.75) is 12.1 Å². The van der Waals surface area contributed by atoms with Gasteiger partial charge in [0.15, 0.2) is 0 Å². The summed E-state index contributed by atoms with van der Waals surface area (Å²) in [5.74, 6) is -2.72. The number of hydrogen-bond acceptors (Lipinski definition) is 1. The molecule has 0 aliphatic carbocycles. The van der Waals surface area contributed by atoms with Gasteiger partial charge in [-0.05, 0) is 24.3 Å². The Morgan fingerprint density at radius 2 is 1.50 bits per heavy atom. The van der Waals surface area contributed by atoms with Gasteiger partial charge in [-0.2, -0.15) is 13.2 Å². The van der Waals surface area contributed by atoms with Crippen molar-refractivity contribution in [1.82, 2.24) is 0 Å². The lowest BCUT2D eigenvalue weighted by Crippen LogP contribution is -2.56. The van der Waals surface area contributed by atoms with Crippen LogP contribution in [0.1, 0.15) is 5.56 Å². The predicted octanol–water partition coefficient (Wildman–Crippen LogP) is 3.16. The molecule has 0 atom stereocenters. The van der Waals surface area contributed by atoms with E-state index in [-0.39, 0.29) is 0 Å². The van der Waals surface area contributed by atoms with Crippen molar-refractivity contribution in [1.29, 1.82) is 0 Å². The van der Waals surface area contributed by atoms with Gasteiger partial charge in [0.05, 0.1) is 18.7 Å². The van der Waals surface area contributed by atoms with Gasteiger partial charge in [0.1, 0.15) is 0 Å². The summed E-state index contributed by atoms with van der Waals surface area (Å²) in [5, 5.41) is 0. The Morgan fingerprint density at radius 3 is 1.88 bits per heavy atom. The second-order valence-corrected chi connectivity index (χ2v) is 3.76. The number of nitrogens with zero attached hydrogens (tertiary/aromatic N) is 1. The van der Waals surface area contributed by atoms with Crippen molar-refractivity contribution in [3.05, 3.63) is 29.8 Å². The molecule has 0 radical (unpaired) electrons. The maximum atomic E-state index is 12.5. The summed E-state index contributed by atoms with van der Waals surface area (Å²) in [6.45, 7) is -0.864. The summed E-state index contributed by atoms with van der Waals surface area (Å²) in [5.41, 5.74) is -0.387. The van der Waals surface area contributed by atoms with E-state index < -0.39 is 30.8 Å². The van der Waals surface area contributed by atoms with E-state index in [1.165, 1.54) is 17.0 Å². The quantitative estimate of drug-likeness (QED) is 0.678. The first kappa shape index (κ1) is 11.2. The number of hydrogen-bond donors (Lipinski definition) is 0. The maximum absolute atomic E-state index is 12.5. The van der Waals surface area contributed by atoms with Crippen LogP contribution in [-0.2, 0) is 6.18 Å². The molecule has 1 aromatic carbocycles. The molecule has 0 unspecified atom stereocenters. The third-order valence-corrected chi connectivity index (χ3v) is 2.40. The van der Waals surface area contributed by atoms with E-state index in [0.29, 0.717) is 5.69 Å². The molecule has 16 heavy (non-hydrogen) atoms. The van der Waals surface area contributed by atoms with Gasteiger partial charge in [0.25, 0.3) is 5.92 Å². The third-order valence-electron chi connectivity index (χ3n) is 2.40. The molecule has 1 aliphatic rings. The monoisotopic (exact) mass is 237 g/mol. The number of rotatable bonds is 1. The van der Waals surface area contributed by atoms with Crippen molar-refractivity contribution in [3.63, 3.8) is 0 Å². The fourth-order valence-electron chi connectivity index (χ4n) is 1.56. The Balaban J connectivity index is 2.10. The Bertz CT molecular complexity index is 373. The van der Waals surface area contributed by atoms with E-state index in [9.17, 15) is 22.0 Å². The topological polar surface area (TPSA) is 3.24 Å². The fourth-order valence-corrected chi connectivity index (χ4v) is 1.56. The summed E-state index contributed by atoms with van der Waals surface area (Å²) in [6, 6.07) is 4.20. The first-order valence-electron chi connectivity index (χ1n) is 4.58. The van der Waals surface area contributed by atoms with Crippen LogP contribution in [0.3, 0.4) is 0 Å². The molecule has 6 heteroatoms. The van der Waals surface area contributed by atoms with Crippen LogP contribution in [0.25, 0.3) is 0 Å². The van der Waals surface area contributed by atoms with Gasteiger partial charge in [-0.3, -0.25) is 0 Å². The van der Waals surface area contributed by atoms with Crippen molar-refractivity contribution in [3.8, 4) is 0 Å². The molecule has 0 aromatic heterocycles. The molecule has 1 aromatic rings. The van der Waals surface area contributed by atoms with Crippen LogP contribution in [0, 0.1) is 0 Å². The zero-order valence-corrected chi connectivity index (χ0v) is 8.06. The molecular formula is C10H8F5N. The van der Waals surface area contributed by atoms with Crippen molar-refractivity contribution in [2.24, 2.45) is 0 Å². The number of alkyl halides is 5. The van der Waals surface area contributed by atoms with Gasteiger partial charge in [-0.1, -0.05) is 0 Å². The van der Waals surface area contributed by atoms with Crippen LogP contribution in [0.15, 0.2) is 24.3 Å². The smallest absolute Gasteiger partial charge is 0.359 e. The highest BCUT2D eigenvalue weighted by Gasteiger charge is 2.44. The lowest BCUT2D eigenvalue weighted by atomic mass is 10.1. The summed E-state index contributed by atoms with van der Waals surface area (Å²) in [7, 11) is 0. The highest BCUT2D eigenvalue weighted by atomic mass is 19.4. The number of benzene rings is 1. The zero-order valence-electron chi connectivity index (χ0n) is 8.06. The molecule has 1 aliphatic heterocycles. The van der Waals surface area contributed by atoms with Crippen LogP contribution in [0.2, 0.25) is 0 Å². The van der Waals surface area contributed by atoms with Crippen LogP contribution in [0.5, 0.6) is 0 Å². The predicted molar refractivity (Wildman–Crippen MR) is 48.6 cm³/mol. The minimum Gasteiger partial charge on any atom is -0.359 e. The molecule has 0 bridgehead atoms. The first-order valence-corrected chi connectivity index (χ1v) is 4.58. The number of anilines is 1. The van der Waals surface area contributed by atoms with E-state index in [0.717, 1.165) is 12.1 Å². The molecule has 1 heterocycles. The SMILES string of the molecule is FC1(F)CN(c2ccc(C(F)(F)F)cc2)C1. The first-order chi connectivity index (χ1) is 7.28. The van der Waals surface area contributed by atoms with Crippen LogP contribution in [-0.4, -0.2) is 19.0 Å². The standard InChI is InChI=1S/C10H8F5N/c11-9(12)5-16(6-9)8-3-1-7(2-4-8)10(13,14)15/h1-4H,5-6H2. The average Bonchev–Trinajstić information content (AvgIpc) is 2.13. The molecule has 1 fully saturated rings. The third kappa shape index (κ3) is 2.10. The van der Waals surface area contributed by atoms with Gasteiger partial charge in [-0.15, -0.1) is 0 Å². The second kappa shape index (κ2) is 3.33. The normalized spacial score (nSPS) is 19.4. The van der Waals surface area contributed by atoms with Crippen molar-refractivity contribution >= 4 is 5.69 Å². The minimum absolute atomic E-state index is 0.388. The summed E-state index contributed by atoms with van der Waals surface area (Å²) >= 11 is 0. The average molecular weight is 237 g/mol. The Hall–Kier alpha value is -1.33. The summed E-state index contributed by atoms with van der Waals surface area (Å²) in [4.78, 5) is 1.33. The number of halogens is 5. The van der Waals surface area contributed by atoms with E-state index >= 15 is 0 Å². The molecule has 2 rings (SSSR count). The second-order valence-electron chi connectivity index (χ2n) is 3.76. The Morgan fingerprint density at radius 1 is 1.00 bits per heavy atom. The van der Waals surface area contributed by atoms with E-state index in [1.807, 2.05) is 0 Å². The highest BCUT2D eigenvalue weighted by Crippen LogP contribution is 2.34. The lowest BCUT2D eigenvalue weighted by Gasteiger charge is -2.40. The van der Waals surface area contributed by atoms with Crippen LogP contribution >= 0.6 is 0 Å². The zero-order chi connectivity index (χ0) is 12.0. The largest absolute Gasteiger partial charge is 0.416 e. The highest BCUT2D eigenvalue weighted by molar-refractivity contribution is 5.51. The summed E-state index contributed by atoms with van der Waals surface area (Å²) < 4.78 is 61.7. The van der Waals surface area contributed by atoms with Crippen LogP contribution < -0.4 is 4.90 Å².